The standard InChI is InChI=1S/C9H9Cl2N3S/c10-6-2-1-3-7(8(6)11)13-14-9-12-4-5-15-9/h1-3,13H,4-5H2,(H,12,14). The van der Waals surface area contributed by atoms with Crippen molar-refractivity contribution in [2.24, 2.45) is 4.99 Å². The lowest BCUT2D eigenvalue weighted by atomic mass is 10.3. The summed E-state index contributed by atoms with van der Waals surface area (Å²) in [5.74, 6) is 1.02. The Morgan fingerprint density at radius 3 is 2.87 bits per heavy atom. The highest BCUT2D eigenvalue weighted by Crippen LogP contribution is 2.29. The molecule has 0 saturated heterocycles. The van der Waals surface area contributed by atoms with Crippen LogP contribution in [0.4, 0.5) is 5.69 Å². The summed E-state index contributed by atoms with van der Waals surface area (Å²) in [6.07, 6.45) is 0. The number of anilines is 1. The predicted octanol–water partition coefficient (Wildman–Crippen LogP) is 3.01. The van der Waals surface area contributed by atoms with Crippen molar-refractivity contribution in [3.05, 3.63) is 28.2 Å². The second-order valence-electron chi connectivity index (χ2n) is 2.89. The van der Waals surface area contributed by atoms with Gasteiger partial charge in [0.1, 0.15) is 0 Å². The number of nitrogens with zero attached hydrogens (tertiary/aromatic N) is 1. The van der Waals surface area contributed by atoms with Gasteiger partial charge in [-0.2, -0.15) is 0 Å². The van der Waals surface area contributed by atoms with Crippen molar-refractivity contribution in [3.8, 4) is 0 Å². The van der Waals surface area contributed by atoms with Crippen molar-refractivity contribution in [1.82, 2.24) is 5.43 Å². The number of hydrazine groups is 1. The maximum atomic E-state index is 6.00. The summed E-state index contributed by atoms with van der Waals surface area (Å²) in [5.41, 5.74) is 6.71. The summed E-state index contributed by atoms with van der Waals surface area (Å²) in [6, 6.07) is 5.43. The number of thioether (sulfide) groups is 1. The zero-order valence-electron chi connectivity index (χ0n) is 7.76. The number of rotatable bonds is 2. The number of nitrogens with one attached hydrogen (secondary N) is 2. The smallest absolute Gasteiger partial charge is 0.175 e. The SMILES string of the molecule is Clc1cccc(NNC2=NCCS2)c1Cl. The molecule has 0 fully saturated rings. The van der Waals surface area contributed by atoms with Gasteiger partial charge in [0.05, 0.1) is 22.3 Å². The minimum atomic E-state index is 0.510. The van der Waals surface area contributed by atoms with E-state index in [-0.39, 0.29) is 0 Å². The molecule has 1 heterocycles. The number of hydrogen-bond donors (Lipinski definition) is 2. The topological polar surface area (TPSA) is 36.4 Å². The molecule has 1 aliphatic rings. The highest BCUT2D eigenvalue weighted by Gasteiger charge is 2.07. The van der Waals surface area contributed by atoms with Gasteiger partial charge in [-0.05, 0) is 12.1 Å². The summed E-state index contributed by atoms with van der Waals surface area (Å²) in [7, 11) is 0. The van der Waals surface area contributed by atoms with E-state index in [0.29, 0.717) is 10.0 Å². The average molecular weight is 262 g/mol. The fourth-order valence-electron chi connectivity index (χ4n) is 1.13. The van der Waals surface area contributed by atoms with Crippen LogP contribution in [-0.4, -0.2) is 17.5 Å². The van der Waals surface area contributed by atoms with Gasteiger partial charge in [-0.15, -0.1) is 0 Å². The molecule has 80 valence electrons. The van der Waals surface area contributed by atoms with E-state index in [0.717, 1.165) is 23.2 Å². The predicted molar refractivity (Wildman–Crippen MR) is 68.0 cm³/mol. The first-order valence-electron chi connectivity index (χ1n) is 4.40. The lowest BCUT2D eigenvalue weighted by Gasteiger charge is -2.10. The zero-order valence-corrected chi connectivity index (χ0v) is 10.1. The van der Waals surface area contributed by atoms with Crippen LogP contribution in [-0.2, 0) is 0 Å². The maximum absolute atomic E-state index is 6.00. The second-order valence-corrected chi connectivity index (χ2v) is 4.76. The molecule has 2 rings (SSSR count). The molecule has 0 aromatic heterocycles. The fourth-order valence-corrected chi connectivity index (χ4v) is 2.16. The molecule has 0 atom stereocenters. The Balaban J connectivity index is 2.01. The van der Waals surface area contributed by atoms with Gasteiger partial charge in [-0.1, -0.05) is 41.0 Å². The molecule has 0 saturated carbocycles. The Bertz CT molecular complexity index is 395. The third-order valence-electron chi connectivity index (χ3n) is 1.84. The summed E-state index contributed by atoms with van der Waals surface area (Å²) >= 11 is 13.5. The van der Waals surface area contributed by atoms with E-state index in [1.165, 1.54) is 0 Å². The monoisotopic (exact) mass is 261 g/mol. The Kier molecular flexibility index (Phi) is 3.61. The molecule has 0 amide bonds. The van der Waals surface area contributed by atoms with E-state index >= 15 is 0 Å². The Labute approximate surface area is 102 Å². The first kappa shape index (κ1) is 10.9. The Morgan fingerprint density at radius 2 is 2.13 bits per heavy atom. The van der Waals surface area contributed by atoms with Gasteiger partial charge < -0.3 is 0 Å². The van der Waals surface area contributed by atoms with Crippen molar-refractivity contribution in [1.29, 1.82) is 0 Å². The average Bonchev–Trinajstić information content (AvgIpc) is 2.73. The van der Waals surface area contributed by atoms with Crippen LogP contribution < -0.4 is 10.9 Å². The van der Waals surface area contributed by atoms with Crippen LogP contribution in [0.1, 0.15) is 0 Å². The number of amidine groups is 1. The molecule has 0 aliphatic carbocycles. The second kappa shape index (κ2) is 4.96. The van der Waals surface area contributed by atoms with Crippen LogP contribution in [0.3, 0.4) is 0 Å². The van der Waals surface area contributed by atoms with E-state index in [2.05, 4.69) is 15.8 Å². The molecule has 15 heavy (non-hydrogen) atoms. The van der Waals surface area contributed by atoms with Crippen LogP contribution in [0.5, 0.6) is 0 Å². The van der Waals surface area contributed by atoms with E-state index in [9.17, 15) is 0 Å². The summed E-state index contributed by atoms with van der Waals surface area (Å²) < 4.78 is 0. The van der Waals surface area contributed by atoms with Gasteiger partial charge in [0.25, 0.3) is 0 Å². The van der Waals surface area contributed by atoms with Crippen LogP contribution in [0, 0.1) is 0 Å². The van der Waals surface area contributed by atoms with Gasteiger partial charge in [0.2, 0.25) is 0 Å². The molecule has 2 N–H and O–H groups in total. The van der Waals surface area contributed by atoms with Gasteiger partial charge >= 0.3 is 0 Å². The van der Waals surface area contributed by atoms with Gasteiger partial charge in [-0.25, -0.2) is 0 Å². The number of hydrogen-bond acceptors (Lipinski definition) is 4. The molecular formula is C9H9Cl2N3S. The molecule has 1 aromatic carbocycles. The lowest BCUT2D eigenvalue weighted by molar-refractivity contribution is 1.10. The van der Waals surface area contributed by atoms with E-state index in [4.69, 9.17) is 23.2 Å². The highest BCUT2D eigenvalue weighted by molar-refractivity contribution is 8.14. The molecule has 3 nitrogen and oxygen atoms in total. The molecule has 0 radical (unpaired) electrons. The molecule has 0 unspecified atom stereocenters. The summed E-state index contributed by atoms with van der Waals surface area (Å²) in [6.45, 7) is 0.859. The van der Waals surface area contributed by atoms with E-state index < -0.39 is 0 Å². The normalized spacial score (nSPS) is 14.9. The molecule has 0 bridgehead atoms. The third-order valence-corrected chi connectivity index (χ3v) is 3.55. The summed E-state index contributed by atoms with van der Waals surface area (Å²) in [4.78, 5) is 4.23. The molecular weight excluding hydrogens is 253 g/mol. The molecule has 0 spiro atoms. The third kappa shape index (κ3) is 2.71. The first-order valence-corrected chi connectivity index (χ1v) is 6.15. The molecule has 6 heteroatoms. The van der Waals surface area contributed by atoms with Crippen LogP contribution >= 0.6 is 35.0 Å². The van der Waals surface area contributed by atoms with Crippen molar-refractivity contribution in [2.75, 3.05) is 17.7 Å². The zero-order chi connectivity index (χ0) is 10.7. The van der Waals surface area contributed by atoms with Crippen molar-refractivity contribution in [2.45, 2.75) is 0 Å². The first-order chi connectivity index (χ1) is 7.27. The lowest BCUT2D eigenvalue weighted by Crippen LogP contribution is -2.25. The minimum Gasteiger partial charge on any atom is -0.298 e. The van der Waals surface area contributed by atoms with E-state index in [1.54, 1.807) is 17.8 Å². The molecule has 1 aromatic rings. The van der Waals surface area contributed by atoms with Crippen LogP contribution in [0.25, 0.3) is 0 Å². The van der Waals surface area contributed by atoms with Crippen molar-refractivity contribution < 1.29 is 0 Å². The summed E-state index contributed by atoms with van der Waals surface area (Å²) in [5, 5.41) is 1.92. The number of aliphatic imine (C=N–C) groups is 1. The van der Waals surface area contributed by atoms with Crippen molar-refractivity contribution >= 4 is 45.8 Å². The number of benzene rings is 1. The maximum Gasteiger partial charge on any atom is 0.175 e. The Hall–Kier alpha value is -0.580. The minimum absolute atomic E-state index is 0.510. The largest absolute Gasteiger partial charge is 0.298 e. The number of halogens is 2. The van der Waals surface area contributed by atoms with Crippen LogP contribution in [0.2, 0.25) is 10.0 Å². The van der Waals surface area contributed by atoms with Crippen molar-refractivity contribution in [3.63, 3.8) is 0 Å². The quantitative estimate of drug-likeness (QED) is 0.804. The van der Waals surface area contributed by atoms with Gasteiger partial charge in [0, 0.05) is 5.75 Å². The van der Waals surface area contributed by atoms with Gasteiger partial charge in [0.15, 0.2) is 5.17 Å². The van der Waals surface area contributed by atoms with Gasteiger partial charge in [-0.3, -0.25) is 15.8 Å². The van der Waals surface area contributed by atoms with E-state index in [1.807, 2.05) is 12.1 Å². The van der Waals surface area contributed by atoms with Crippen LogP contribution in [0.15, 0.2) is 23.2 Å². The Morgan fingerprint density at radius 1 is 1.27 bits per heavy atom. The molecule has 1 aliphatic heterocycles. The fraction of sp³-hybridized carbons (Fsp3) is 0.222. The highest BCUT2D eigenvalue weighted by atomic mass is 35.5.